The van der Waals surface area contributed by atoms with E-state index in [1.54, 1.807) is 13.8 Å². The number of ether oxygens (including phenoxy) is 1. The molecule has 1 aromatic rings. The first-order chi connectivity index (χ1) is 7.99. The van der Waals surface area contributed by atoms with E-state index in [0.29, 0.717) is 12.0 Å². The average Bonchev–Trinajstić information content (AvgIpc) is 3.01. The van der Waals surface area contributed by atoms with Crippen molar-refractivity contribution in [1.82, 2.24) is 0 Å². The summed E-state index contributed by atoms with van der Waals surface area (Å²) < 4.78 is 30.8. The Bertz CT molecular complexity index is 443. The van der Waals surface area contributed by atoms with Gasteiger partial charge in [0.15, 0.2) is 11.6 Å². The topological polar surface area (TPSA) is 26.3 Å². The Morgan fingerprint density at radius 1 is 1.35 bits per heavy atom. The van der Waals surface area contributed by atoms with E-state index >= 15 is 0 Å². The van der Waals surface area contributed by atoms with Crippen LogP contribution in [0.2, 0.25) is 0 Å². The van der Waals surface area contributed by atoms with Crippen molar-refractivity contribution in [1.29, 1.82) is 0 Å². The molecule has 0 aliphatic heterocycles. The van der Waals surface area contributed by atoms with Crippen LogP contribution < -0.4 is 0 Å². The van der Waals surface area contributed by atoms with E-state index in [4.69, 9.17) is 4.74 Å². The third-order valence-corrected chi connectivity index (χ3v) is 2.82. The Labute approximate surface area is 98.6 Å². The Kier molecular flexibility index (Phi) is 3.13. The third kappa shape index (κ3) is 2.62. The van der Waals surface area contributed by atoms with E-state index in [9.17, 15) is 13.6 Å². The first-order valence-electron chi connectivity index (χ1n) is 5.64. The zero-order valence-electron chi connectivity index (χ0n) is 9.74. The molecule has 1 saturated carbocycles. The quantitative estimate of drug-likeness (QED) is 0.759. The normalized spacial score (nSPS) is 22.6. The number of hydrogen-bond donors (Lipinski definition) is 0. The lowest BCUT2D eigenvalue weighted by Gasteiger charge is -2.07. The molecule has 1 aliphatic carbocycles. The lowest BCUT2D eigenvalue weighted by molar-refractivity contribution is -0.149. The molecule has 2 atom stereocenters. The highest BCUT2D eigenvalue weighted by molar-refractivity contribution is 5.77. The van der Waals surface area contributed by atoms with Crippen LogP contribution in [0.25, 0.3) is 0 Å². The van der Waals surface area contributed by atoms with Gasteiger partial charge in [-0.3, -0.25) is 4.79 Å². The molecule has 0 aromatic heterocycles. The molecule has 2 unspecified atom stereocenters. The average molecular weight is 240 g/mol. The first-order valence-corrected chi connectivity index (χ1v) is 5.64. The second-order valence-corrected chi connectivity index (χ2v) is 4.61. The van der Waals surface area contributed by atoms with E-state index < -0.39 is 11.6 Å². The molecule has 1 aliphatic rings. The van der Waals surface area contributed by atoms with Crippen molar-refractivity contribution in [2.75, 3.05) is 0 Å². The van der Waals surface area contributed by atoms with Gasteiger partial charge in [-0.15, -0.1) is 0 Å². The molecule has 4 heteroatoms. The molecule has 0 spiro atoms. The molecule has 0 N–H and O–H groups in total. The predicted molar refractivity (Wildman–Crippen MR) is 58.4 cm³/mol. The maximum absolute atomic E-state index is 13.0. The number of hydrogen-bond acceptors (Lipinski definition) is 2. The fraction of sp³-hybridized carbons (Fsp3) is 0.462. The fourth-order valence-electron chi connectivity index (χ4n) is 1.89. The molecule has 0 saturated heterocycles. The molecule has 92 valence electrons. The van der Waals surface area contributed by atoms with Crippen molar-refractivity contribution < 1.29 is 18.3 Å². The molecule has 2 rings (SSSR count). The van der Waals surface area contributed by atoms with Gasteiger partial charge in [0.25, 0.3) is 0 Å². The number of carbonyl (C=O) groups is 1. The van der Waals surface area contributed by atoms with Crippen LogP contribution in [0.1, 0.15) is 31.7 Å². The molecular formula is C13H14F2O2. The number of rotatable bonds is 3. The summed E-state index contributed by atoms with van der Waals surface area (Å²) >= 11 is 0. The van der Waals surface area contributed by atoms with E-state index in [1.165, 1.54) is 6.07 Å². The Morgan fingerprint density at radius 2 is 2.06 bits per heavy atom. The van der Waals surface area contributed by atoms with Gasteiger partial charge in [0.1, 0.15) is 0 Å². The number of benzene rings is 1. The SMILES string of the molecule is CC(C)OC(=O)C1CC1c1ccc(F)c(F)c1. The fourth-order valence-corrected chi connectivity index (χ4v) is 1.89. The van der Waals surface area contributed by atoms with Crippen LogP contribution in [0.4, 0.5) is 8.78 Å². The minimum Gasteiger partial charge on any atom is -0.463 e. The molecule has 0 amide bonds. The Balaban J connectivity index is 2.02. The lowest BCUT2D eigenvalue weighted by Crippen LogP contribution is -2.13. The van der Waals surface area contributed by atoms with Gasteiger partial charge in [0, 0.05) is 0 Å². The van der Waals surface area contributed by atoms with Crippen molar-refractivity contribution in [3.05, 3.63) is 35.4 Å². The molecular weight excluding hydrogens is 226 g/mol. The predicted octanol–water partition coefficient (Wildman–Crippen LogP) is 3.02. The molecule has 1 fully saturated rings. The van der Waals surface area contributed by atoms with Gasteiger partial charge in [-0.1, -0.05) is 6.07 Å². The van der Waals surface area contributed by atoms with Crippen molar-refractivity contribution in [2.45, 2.75) is 32.3 Å². The number of esters is 1. The summed E-state index contributed by atoms with van der Waals surface area (Å²) in [4.78, 5) is 11.6. The summed E-state index contributed by atoms with van der Waals surface area (Å²) in [6, 6.07) is 3.77. The highest BCUT2D eigenvalue weighted by Crippen LogP contribution is 2.48. The summed E-state index contributed by atoms with van der Waals surface area (Å²) in [5.41, 5.74) is 0.662. The Morgan fingerprint density at radius 3 is 2.65 bits per heavy atom. The van der Waals surface area contributed by atoms with Crippen LogP contribution in [-0.4, -0.2) is 12.1 Å². The summed E-state index contributed by atoms with van der Waals surface area (Å²) in [6.07, 6.45) is 0.505. The maximum atomic E-state index is 13.0. The third-order valence-electron chi connectivity index (χ3n) is 2.82. The van der Waals surface area contributed by atoms with Crippen LogP contribution in [0.3, 0.4) is 0 Å². The van der Waals surface area contributed by atoms with Crippen molar-refractivity contribution in [3.63, 3.8) is 0 Å². The number of halogens is 2. The second-order valence-electron chi connectivity index (χ2n) is 4.61. The summed E-state index contributed by atoms with van der Waals surface area (Å²) in [6.45, 7) is 3.57. The molecule has 0 bridgehead atoms. The van der Waals surface area contributed by atoms with Crippen molar-refractivity contribution >= 4 is 5.97 Å². The van der Waals surface area contributed by atoms with E-state index in [-0.39, 0.29) is 23.9 Å². The number of carbonyl (C=O) groups excluding carboxylic acids is 1. The van der Waals surface area contributed by atoms with E-state index in [0.717, 1.165) is 12.1 Å². The molecule has 2 nitrogen and oxygen atoms in total. The van der Waals surface area contributed by atoms with E-state index in [1.807, 2.05) is 0 Å². The van der Waals surface area contributed by atoms with Gasteiger partial charge < -0.3 is 4.74 Å². The summed E-state index contributed by atoms with van der Waals surface area (Å²) in [7, 11) is 0. The van der Waals surface area contributed by atoms with Crippen LogP contribution in [0.5, 0.6) is 0 Å². The Hall–Kier alpha value is -1.45. The maximum Gasteiger partial charge on any atom is 0.309 e. The lowest BCUT2D eigenvalue weighted by atomic mass is 10.1. The largest absolute Gasteiger partial charge is 0.463 e. The van der Waals surface area contributed by atoms with Gasteiger partial charge in [-0.25, -0.2) is 8.78 Å². The zero-order valence-corrected chi connectivity index (χ0v) is 9.74. The smallest absolute Gasteiger partial charge is 0.309 e. The minimum atomic E-state index is -0.870. The highest BCUT2D eigenvalue weighted by atomic mass is 19.2. The molecule has 0 heterocycles. The van der Waals surface area contributed by atoms with Gasteiger partial charge in [-0.05, 0) is 43.9 Å². The molecule has 17 heavy (non-hydrogen) atoms. The van der Waals surface area contributed by atoms with Crippen LogP contribution in [0.15, 0.2) is 18.2 Å². The highest BCUT2D eigenvalue weighted by Gasteiger charge is 2.45. The minimum absolute atomic E-state index is 0.0312. The van der Waals surface area contributed by atoms with Gasteiger partial charge in [-0.2, -0.15) is 0 Å². The van der Waals surface area contributed by atoms with Gasteiger partial charge in [0.2, 0.25) is 0 Å². The molecule has 1 aromatic carbocycles. The van der Waals surface area contributed by atoms with Crippen LogP contribution >= 0.6 is 0 Å². The zero-order chi connectivity index (χ0) is 12.6. The van der Waals surface area contributed by atoms with Crippen LogP contribution in [0, 0.1) is 17.6 Å². The van der Waals surface area contributed by atoms with Gasteiger partial charge >= 0.3 is 5.97 Å². The summed E-state index contributed by atoms with van der Waals surface area (Å²) in [5, 5.41) is 0. The van der Waals surface area contributed by atoms with Crippen molar-refractivity contribution in [2.24, 2.45) is 5.92 Å². The second kappa shape index (κ2) is 4.43. The van der Waals surface area contributed by atoms with Crippen LogP contribution in [-0.2, 0) is 9.53 Å². The van der Waals surface area contributed by atoms with Crippen molar-refractivity contribution in [3.8, 4) is 0 Å². The monoisotopic (exact) mass is 240 g/mol. The van der Waals surface area contributed by atoms with E-state index in [2.05, 4.69) is 0 Å². The molecule has 0 radical (unpaired) electrons. The first kappa shape index (κ1) is 12.0. The standard InChI is InChI=1S/C13H14F2O2/c1-7(2)17-13(16)10-6-9(10)8-3-4-11(14)12(15)5-8/h3-5,7,9-10H,6H2,1-2H3. The summed E-state index contributed by atoms with van der Waals surface area (Å²) in [5.74, 6) is -2.23. The van der Waals surface area contributed by atoms with Gasteiger partial charge in [0.05, 0.1) is 12.0 Å².